The van der Waals surface area contributed by atoms with Crippen LogP contribution in [0.1, 0.15) is 46.2 Å². The molecule has 174 valence electrons. The largest absolute Gasteiger partial charge is 0.493 e. The summed E-state index contributed by atoms with van der Waals surface area (Å²) in [6, 6.07) is 7.96. The van der Waals surface area contributed by atoms with Gasteiger partial charge in [0.15, 0.2) is 21.2 Å². The number of amides is 3. The van der Waals surface area contributed by atoms with E-state index >= 15 is 0 Å². The van der Waals surface area contributed by atoms with Crippen molar-refractivity contribution in [2.24, 2.45) is 0 Å². The van der Waals surface area contributed by atoms with Gasteiger partial charge in [-0.15, -0.1) is 0 Å². The highest BCUT2D eigenvalue weighted by molar-refractivity contribution is 7.91. The average Bonchev–Trinajstić information content (AvgIpc) is 3.35. The van der Waals surface area contributed by atoms with Crippen molar-refractivity contribution in [2.75, 3.05) is 24.7 Å². The second kappa shape index (κ2) is 7.44. The minimum absolute atomic E-state index is 0.0496. The Balaban J connectivity index is 1.41. The highest BCUT2D eigenvalue weighted by atomic mass is 32.2. The highest BCUT2D eigenvalue weighted by Gasteiger charge is 2.55. The molecule has 0 radical (unpaired) electrons. The Bertz CT molecular complexity index is 1300. The molecule has 9 nitrogen and oxygen atoms in total. The van der Waals surface area contributed by atoms with Gasteiger partial charge in [-0.25, -0.2) is 13.2 Å². The van der Waals surface area contributed by atoms with Crippen LogP contribution in [-0.4, -0.2) is 60.3 Å². The molecule has 2 atom stereocenters. The predicted molar refractivity (Wildman–Crippen MR) is 119 cm³/mol. The van der Waals surface area contributed by atoms with Crippen molar-refractivity contribution in [2.45, 2.75) is 38.3 Å². The third-order valence-electron chi connectivity index (χ3n) is 6.92. The summed E-state index contributed by atoms with van der Waals surface area (Å²) < 4.78 is 31.4. The zero-order valence-corrected chi connectivity index (χ0v) is 19.3. The lowest BCUT2D eigenvalue weighted by atomic mass is 9.84. The van der Waals surface area contributed by atoms with Crippen LogP contribution in [0.5, 0.6) is 5.75 Å². The van der Waals surface area contributed by atoms with E-state index in [0.717, 1.165) is 10.6 Å². The first-order valence-corrected chi connectivity index (χ1v) is 12.7. The van der Waals surface area contributed by atoms with Crippen LogP contribution in [0.4, 0.5) is 4.79 Å². The van der Waals surface area contributed by atoms with Gasteiger partial charge in [-0.1, -0.05) is 18.2 Å². The van der Waals surface area contributed by atoms with Crippen molar-refractivity contribution < 1.29 is 27.5 Å². The molecule has 2 saturated heterocycles. The fraction of sp³-hybridized carbons (Fsp3) is 0.435. The summed E-state index contributed by atoms with van der Waals surface area (Å²) in [6.45, 7) is 3.49. The number of ether oxygens (including phenoxy) is 1. The molecule has 1 spiro atoms. The average molecular weight is 472 g/mol. The molecular weight excluding hydrogens is 446 g/mol. The Morgan fingerprint density at radius 3 is 2.73 bits per heavy atom. The number of carbonyl (C=O) groups excluding carboxylic acids is 3. The van der Waals surface area contributed by atoms with Crippen molar-refractivity contribution >= 4 is 27.6 Å². The molecule has 2 fully saturated rings. The molecule has 5 rings (SSSR count). The van der Waals surface area contributed by atoms with Gasteiger partial charge in [0, 0.05) is 35.0 Å². The van der Waals surface area contributed by atoms with E-state index in [2.05, 4.69) is 5.32 Å². The van der Waals surface area contributed by atoms with Crippen LogP contribution in [0.15, 0.2) is 30.3 Å². The topological polar surface area (TPSA) is 115 Å². The maximum atomic E-state index is 13.4. The molecule has 0 aliphatic carbocycles. The first kappa shape index (κ1) is 21.7. The van der Waals surface area contributed by atoms with Crippen molar-refractivity contribution in [3.05, 3.63) is 52.8 Å². The molecule has 3 aliphatic rings. The van der Waals surface area contributed by atoms with Gasteiger partial charge in [0.05, 0.1) is 24.7 Å². The van der Waals surface area contributed by atoms with Crippen LogP contribution in [0.2, 0.25) is 0 Å². The standard InChI is InChI=1S/C23H25N3O6S/c1-14-11-17(15(2)26(14)16-7-10-33(30,31)13-16)19(27)12-25-21(28)23(24-22(25)29)8-9-32-20-6-4-3-5-18(20)23/h3-6,11,16H,7-10,12-13H2,1-2H3,(H,24,29)/t16-,23-/m0/s1. The fourth-order valence-corrected chi connectivity index (χ4v) is 7.04. The summed E-state index contributed by atoms with van der Waals surface area (Å²) in [5, 5.41) is 2.80. The molecule has 0 bridgehead atoms. The number of imide groups is 1. The number of nitrogens with zero attached hydrogens (tertiary/aromatic N) is 2. The van der Waals surface area contributed by atoms with E-state index in [0.29, 0.717) is 29.0 Å². The van der Waals surface area contributed by atoms with Crippen molar-refractivity contribution in [3.8, 4) is 5.75 Å². The quantitative estimate of drug-likeness (QED) is 0.538. The zero-order valence-electron chi connectivity index (χ0n) is 18.5. The number of para-hydroxylation sites is 1. The van der Waals surface area contributed by atoms with Crippen LogP contribution in [0.3, 0.4) is 0 Å². The first-order valence-electron chi connectivity index (χ1n) is 10.9. The highest BCUT2D eigenvalue weighted by Crippen LogP contribution is 2.41. The number of aryl methyl sites for hydroxylation is 1. The molecule has 33 heavy (non-hydrogen) atoms. The summed E-state index contributed by atoms with van der Waals surface area (Å²) in [7, 11) is -3.08. The van der Waals surface area contributed by atoms with Gasteiger partial charge in [-0.3, -0.25) is 14.5 Å². The van der Waals surface area contributed by atoms with E-state index in [4.69, 9.17) is 4.74 Å². The van der Waals surface area contributed by atoms with Gasteiger partial charge >= 0.3 is 6.03 Å². The van der Waals surface area contributed by atoms with E-state index in [1.165, 1.54) is 0 Å². The van der Waals surface area contributed by atoms with Crippen molar-refractivity contribution in [1.82, 2.24) is 14.8 Å². The van der Waals surface area contributed by atoms with Crippen LogP contribution in [-0.2, 0) is 20.2 Å². The summed E-state index contributed by atoms with van der Waals surface area (Å²) >= 11 is 0. The van der Waals surface area contributed by atoms with E-state index in [1.54, 1.807) is 37.3 Å². The summed E-state index contributed by atoms with van der Waals surface area (Å²) in [4.78, 5) is 40.4. The lowest BCUT2D eigenvalue weighted by Gasteiger charge is -2.33. The smallest absolute Gasteiger partial charge is 0.325 e. The van der Waals surface area contributed by atoms with Crippen molar-refractivity contribution in [3.63, 3.8) is 0 Å². The third-order valence-corrected chi connectivity index (χ3v) is 8.67. The van der Waals surface area contributed by atoms with Crippen LogP contribution in [0, 0.1) is 13.8 Å². The van der Waals surface area contributed by atoms with Gasteiger partial charge in [0.2, 0.25) is 0 Å². The maximum absolute atomic E-state index is 13.4. The number of fused-ring (bicyclic) bond motifs is 2. The molecule has 0 saturated carbocycles. The number of hydrogen-bond acceptors (Lipinski definition) is 6. The lowest BCUT2D eigenvalue weighted by Crippen LogP contribution is -2.47. The van der Waals surface area contributed by atoms with Gasteiger partial charge < -0.3 is 14.6 Å². The number of aromatic nitrogens is 1. The second-order valence-corrected chi connectivity index (χ2v) is 11.2. The van der Waals surface area contributed by atoms with E-state index in [-0.39, 0.29) is 42.9 Å². The first-order chi connectivity index (χ1) is 15.6. The Hall–Kier alpha value is -3.14. The number of urea groups is 1. The number of ketones is 1. The predicted octanol–water partition coefficient (Wildman–Crippen LogP) is 1.88. The number of rotatable bonds is 4. The maximum Gasteiger partial charge on any atom is 0.325 e. The molecule has 1 aromatic heterocycles. The number of benzene rings is 1. The SMILES string of the molecule is Cc1cc(C(=O)CN2C(=O)N[C@]3(CCOc4ccccc43)C2=O)c(C)n1[C@H]1CCS(=O)(=O)C1. The second-order valence-electron chi connectivity index (χ2n) is 8.96. The van der Waals surface area contributed by atoms with E-state index < -0.39 is 27.3 Å². The molecule has 10 heteroatoms. The van der Waals surface area contributed by atoms with Crippen LogP contribution >= 0.6 is 0 Å². The molecule has 1 N–H and O–H groups in total. The van der Waals surface area contributed by atoms with Crippen LogP contribution in [0.25, 0.3) is 0 Å². The van der Waals surface area contributed by atoms with Gasteiger partial charge in [0.1, 0.15) is 5.75 Å². The van der Waals surface area contributed by atoms with Gasteiger partial charge in [0.25, 0.3) is 5.91 Å². The van der Waals surface area contributed by atoms with Gasteiger partial charge in [-0.2, -0.15) is 0 Å². The number of nitrogens with one attached hydrogen (secondary N) is 1. The van der Waals surface area contributed by atoms with E-state index in [9.17, 15) is 22.8 Å². The fourth-order valence-electron chi connectivity index (χ4n) is 5.34. The van der Waals surface area contributed by atoms with Crippen molar-refractivity contribution in [1.29, 1.82) is 0 Å². The molecule has 1 aromatic carbocycles. The normalized spacial score (nSPS) is 25.8. The molecule has 2 aromatic rings. The Morgan fingerprint density at radius 1 is 1.24 bits per heavy atom. The van der Waals surface area contributed by atoms with Gasteiger partial charge in [-0.05, 0) is 32.4 Å². The summed E-state index contributed by atoms with van der Waals surface area (Å²) in [5.41, 5.74) is 1.18. The number of carbonyl (C=O) groups is 3. The minimum atomic E-state index is -3.08. The minimum Gasteiger partial charge on any atom is -0.493 e. The molecule has 3 amide bonds. The van der Waals surface area contributed by atoms with E-state index in [1.807, 2.05) is 11.5 Å². The Kier molecular flexibility index (Phi) is 4.89. The number of hydrogen-bond donors (Lipinski definition) is 1. The summed E-state index contributed by atoms with van der Waals surface area (Å²) in [6.07, 6.45) is 0.785. The Labute approximate surface area is 191 Å². The van der Waals surface area contributed by atoms with Crippen LogP contribution < -0.4 is 10.1 Å². The lowest BCUT2D eigenvalue weighted by molar-refractivity contribution is -0.132. The molecule has 0 unspecified atom stereocenters. The molecule has 4 heterocycles. The number of sulfone groups is 1. The zero-order chi connectivity index (χ0) is 23.5. The Morgan fingerprint density at radius 2 is 2.00 bits per heavy atom. The third kappa shape index (κ3) is 3.35. The number of Topliss-reactive ketones (excluding diaryl/α,β-unsaturated/α-hetero) is 1. The monoisotopic (exact) mass is 471 g/mol. The molecular formula is C23H25N3O6S. The summed E-state index contributed by atoms with van der Waals surface area (Å²) in [5.74, 6) is -0.106. The molecule has 3 aliphatic heterocycles.